The largest absolute Gasteiger partial charge is 0.494 e. The number of hydrogen-bond donors (Lipinski definition) is 0. The first-order chi connectivity index (χ1) is 11.5. The Morgan fingerprint density at radius 3 is 2.75 bits per heavy atom. The number of nitro benzene ring substituents is 1. The molecular formula is C17H14FNO5. The second kappa shape index (κ2) is 7.87. The number of esters is 1. The molecule has 0 aliphatic rings. The van der Waals surface area contributed by atoms with Gasteiger partial charge in [0.15, 0.2) is 11.6 Å². The molecule has 0 aliphatic heterocycles. The van der Waals surface area contributed by atoms with Crippen molar-refractivity contribution in [3.05, 3.63) is 75.6 Å². The summed E-state index contributed by atoms with van der Waals surface area (Å²) in [5.41, 5.74) is 0.904. The first-order valence-corrected chi connectivity index (χ1v) is 6.91. The Kier molecular flexibility index (Phi) is 5.62. The van der Waals surface area contributed by atoms with Crippen LogP contribution in [-0.4, -0.2) is 18.0 Å². The number of benzene rings is 2. The molecule has 0 heterocycles. The highest BCUT2D eigenvalue weighted by Gasteiger charge is 2.06. The molecular weight excluding hydrogens is 317 g/mol. The van der Waals surface area contributed by atoms with Gasteiger partial charge in [0.25, 0.3) is 5.69 Å². The Labute approximate surface area is 137 Å². The first kappa shape index (κ1) is 17.1. The van der Waals surface area contributed by atoms with Gasteiger partial charge in [-0.1, -0.05) is 18.2 Å². The summed E-state index contributed by atoms with van der Waals surface area (Å²) in [5.74, 6) is -1.08. The van der Waals surface area contributed by atoms with Gasteiger partial charge in [0.05, 0.1) is 12.0 Å². The average molecular weight is 331 g/mol. The number of methoxy groups -OCH3 is 1. The molecule has 0 aromatic heterocycles. The summed E-state index contributed by atoms with van der Waals surface area (Å²) >= 11 is 0. The van der Waals surface area contributed by atoms with Crippen molar-refractivity contribution in [2.24, 2.45) is 0 Å². The maximum absolute atomic E-state index is 13.5. The zero-order valence-corrected chi connectivity index (χ0v) is 12.8. The number of rotatable bonds is 6. The lowest BCUT2D eigenvalue weighted by Gasteiger charge is -2.05. The number of halogens is 1. The van der Waals surface area contributed by atoms with E-state index in [2.05, 4.69) is 0 Å². The molecule has 0 fully saturated rings. The molecule has 0 aliphatic carbocycles. The van der Waals surface area contributed by atoms with Crippen molar-refractivity contribution in [1.29, 1.82) is 0 Å². The maximum Gasteiger partial charge on any atom is 0.331 e. The Balaban J connectivity index is 1.94. The van der Waals surface area contributed by atoms with E-state index >= 15 is 0 Å². The molecule has 0 amide bonds. The number of hydrogen-bond acceptors (Lipinski definition) is 5. The van der Waals surface area contributed by atoms with E-state index in [1.54, 1.807) is 12.1 Å². The van der Waals surface area contributed by atoms with Gasteiger partial charge in [-0.05, 0) is 29.3 Å². The van der Waals surface area contributed by atoms with Gasteiger partial charge in [0, 0.05) is 18.2 Å². The van der Waals surface area contributed by atoms with E-state index in [1.165, 1.54) is 43.5 Å². The molecule has 0 radical (unpaired) electrons. The van der Waals surface area contributed by atoms with Crippen LogP contribution in [-0.2, 0) is 16.1 Å². The molecule has 0 spiro atoms. The minimum atomic E-state index is -0.641. The van der Waals surface area contributed by atoms with Crippen LogP contribution in [0.1, 0.15) is 11.1 Å². The highest BCUT2D eigenvalue weighted by molar-refractivity contribution is 5.87. The normalized spacial score (nSPS) is 10.6. The number of nitrogens with zero attached hydrogens (tertiary/aromatic N) is 1. The van der Waals surface area contributed by atoms with Crippen molar-refractivity contribution in [3.8, 4) is 5.75 Å². The van der Waals surface area contributed by atoms with Gasteiger partial charge >= 0.3 is 5.97 Å². The van der Waals surface area contributed by atoms with Crippen molar-refractivity contribution in [3.63, 3.8) is 0 Å². The van der Waals surface area contributed by atoms with E-state index in [-0.39, 0.29) is 18.0 Å². The van der Waals surface area contributed by atoms with E-state index in [0.29, 0.717) is 11.1 Å². The zero-order valence-electron chi connectivity index (χ0n) is 12.8. The van der Waals surface area contributed by atoms with Gasteiger partial charge in [-0.15, -0.1) is 0 Å². The summed E-state index contributed by atoms with van der Waals surface area (Å²) in [6, 6.07) is 10.1. The smallest absolute Gasteiger partial charge is 0.331 e. The number of non-ortho nitro benzene ring substituents is 1. The summed E-state index contributed by atoms with van der Waals surface area (Å²) in [7, 11) is 1.36. The van der Waals surface area contributed by atoms with E-state index in [0.717, 1.165) is 6.08 Å². The molecule has 0 N–H and O–H groups in total. The van der Waals surface area contributed by atoms with E-state index in [4.69, 9.17) is 9.47 Å². The molecule has 24 heavy (non-hydrogen) atoms. The molecule has 0 bridgehead atoms. The highest BCUT2D eigenvalue weighted by Crippen LogP contribution is 2.18. The van der Waals surface area contributed by atoms with Crippen molar-refractivity contribution in [2.75, 3.05) is 7.11 Å². The highest BCUT2D eigenvalue weighted by atomic mass is 19.1. The molecule has 7 heteroatoms. The van der Waals surface area contributed by atoms with Crippen molar-refractivity contribution < 1.29 is 23.6 Å². The van der Waals surface area contributed by atoms with Crippen LogP contribution in [0.5, 0.6) is 5.75 Å². The van der Waals surface area contributed by atoms with Crippen molar-refractivity contribution in [2.45, 2.75) is 6.61 Å². The van der Waals surface area contributed by atoms with Gasteiger partial charge in [-0.2, -0.15) is 0 Å². The van der Waals surface area contributed by atoms with Crippen LogP contribution >= 0.6 is 0 Å². The molecule has 2 aromatic rings. The molecule has 124 valence electrons. The molecule has 0 atom stereocenters. The Morgan fingerprint density at radius 1 is 1.29 bits per heavy atom. The van der Waals surface area contributed by atoms with Crippen LogP contribution < -0.4 is 4.74 Å². The van der Waals surface area contributed by atoms with E-state index < -0.39 is 16.7 Å². The standard InChI is InChI=1S/C17H14FNO5/c1-23-16-7-5-13(10-15(16)18)11-24-17(20)8-6-12-3-2-4-14(9-12)19(21)22/h2-10H,11H2,1H3/b8-6+. The summed E-state index contributed by atoms with van der Waals surface area (Å²) in [6.07, 6.45) is 2.56. The van der Waals surface area contributed by atoms with Crippen LogP contribution in [0.4, 0.5) is 10.1 Å². The topological polar surface area (TPSA) is 78.7 Å². The third-order valence-electron chi connectivity index (χ3n) is 3.09. The Bertz CT molecular complexity index is 788. The fraction of sp³-hybridized carbons (Fsp3) is 0.118. The minimum absolute atomic E-state index is 0.0702. The monoisotopic (exact) mass is 331 g/mol. The van der Waals surface area contributed by atoms with E-state index in [1.807, 2.05) is 0 Å². The fourth-order valence-corrected chi connectivity index (χ4v) is 1.91. The molecule has 0 unspecified atom stereocenters. The molecule has 2 aromatic carbocycles. The molecule has 0 saturated heterocycles. The van der Waals surface area contributed by atoms with Crippen molar-refractivity contribution in [1.82, 2.24) is 0 Å². The van der Waals surface area contributed by atoms with Crippen molar-refractivity contribution >= 4 is 17.7 Å². The van der Waals surface area contributed by atoms with Crippen LogP contribution in [0.2, 0.25) is 0 Å². The minimum Gasteiger partial charge on any atom is -0.494 e. The lowest BCUT2D eigenvalue weighted by Crippen LogP contribution is -2.01. The third kappa shape index (κ3) is 4.64. The number of nitro groups is 1. The zero-order chi connectivity index (χ0) is 17.5. The number of carbonyl (C=O) groups is 1. The van der Waals surface area contributed by atoms with Crippen LogP contribution in [0.25, 0.3) is 6.08 Å². The second-order valence-electron chi connectivity index (χ2n) is 4.76. The lowest BCUT2D eigenvalue weighted by molar-refractivity contribution is -0.384. The molecule has 0 saturated carbocycles. The summed E-state index contributed by atoms with van der Waals surface area (Å²) in [6.45, 7) is -0.0982. The average Bonchev–Trinajstić information content (AvgIpc) is 2.58. The predicted molar refractivity (Wildman–Crippen MR) is 84.9 cm³/mol. The van der Waals surface area contributed by atoms with Gasteiger partial charge in [-0.25, -0.2) is 9.18 Å². The molecule has 6 nitrogen and oxygen atoms in total. The predicted octanol–water partition coefficient (Wildman–Crippen LogP) is 3.50. The Hall–Kier alpha value is -3.22. The van der Waals surface area contributed by atoms with Crippen LogP contribution in [0.15, 0.2) is 48.5 Å². The maximum atomic E-state index is 13.5. The second-order valence-corrected chi connectivity index (χ2v) is 4.76. The summed E-state index contributed by atoms with van der Waals surface area (Å²) < 4.78 is 23.3. The Morgan fingerprint density at radius 2 is 2.08 bits per heavy atom. The summed E-state index contributed by atoms with van der Waals surface area (Å²) in [5, 5.41) is 10.7. The summed E-state index contributed by atoms with van der Waals surface area (Å²) in [4.78, 5) is 21.8. The van der Waals surface area contributed by atoms with Gasteiger partial charge in [0.2, 0.25) is 0 Å². The van der Waals surface area contributed by atoms with Gasteiger partial charge in [-0.3, -0.25) is 10.1 Å². The first-order valence-electron chi connectivity index (χ1n) is 6.91. The number of ether oxygens (including phenoxy) is 2. The quantitative estimate of drug-likeness (QED) is 0.350. The van der Waals surface area contributed by atoms with Gasteiger partial charge in [0.1, 0.15) is 6.61 Å². The number of carbonyl (C=O) groups excluding carboxylic acids is 1. The lowest BCUT2D eigenvalue weighted by atomic mass is 10.2. The van der Waals surface area contributed by atoms with Gasteiger partial charge < -0.3 is 9.47 Å². The van der Waals surface area contributed by atoms with E-state index in [9.17, 15) is 19.3 Å². The van der Waals surface area contributed by atoms with Crippen LogP contribution in [0, 0.1) is 15.9 Å². The fourth-order valence-electron chi connectivity index (χ4n) is 1.91. The molecule has 2 rings (SSSR count). The van der Waals surface area contributed by atoms with Crippen LogP contribution in [0.3, 0.4) is 0 Å². The SMILES string of the molecule is COc1ccc(COC(=O)/C=C/c2cccc([N+](=O)[O-])c2)cc1F. The third-order valence-corrected chi connectivity index (χ3v) is 3.09.